The van der Waals surface area contributed by atoms with Crippen LogP contribution in [0.4, 0.5) is 0 Å². The van der Waals surface area contributed by atoms with Gasteiger partial charge in [0, 0.05) is 12.1 Å². The fraction of sp³-hybridized carbons (Fsp3) is 0.316. The summed E-state index contributed by atoms with van der Waals surface area (Å²) < 4.78 is 10.6. The first kappa shape index (κ1) is 16.3. The normalized spacial score (nSPS) is 13.6. The van der Waals surface area contributed by atoms with Crippen molar-refractivity contribution < 1.29 is 19.4 Å². The second-order valence-electron chi connectivity index (χ2n) is 5.97. The fourth-order valence-electron chi connectivity index (χ4n) is 2.59. The number of rotatable bonds is 5. The maximum Gasteiger partial charge on any atom is 0.251 e. The molecule has 1 amide bonds. The molecule has 0 saturated heterocycles. The van der Waals surface area contributed by atoms with Crippen LogP contribution < -0.4 is 14.8 Å². The lowest BCUT2D eigenvalue weighted by Crippen LogP contribution is -2.25. The molecule has 0 aliphatic carbocycles. The summed E-state index contributed by atoms with van der Waals surface area (Å²) in [7, 11) is 0. The summed E-state index contributed by atoms with van der Waals surface area (Å²) >= 11 is 0. The molecule has 1 atom stereocenters. The van der Waals surface area contributed by atoms with Crippen LogP contribution in [0.1, 0.15) is 39.6 Å². The van der Waals surface area contributed by atoms with Gasteiger partial charge in [0.2, 0.25) is 6.79 Å². The van der Waals surface area contributed by atoms with Gasteiger partial charge in [-0.25, -0.2) is 0 Å². The third-order valence-electron chi connectivity index (χ3n) is 4.25. The molecule has 1 unspecified atom stereocenters. The first-order chi connectivity index (χ1) is 11.5. The smallest absolute Gasteiger partial charge is 0.251 e. The number of hydrogen-bond donors (Lipinski definition) is 2. The summed E-state index contributed by atoms with van der Waals surface area (Å²) in [6, 6.07) is 11.0. The first-order valence-corrected chi connectivity index (χ1v) is 7.97. The highest BCUT2D eigenvalue weighted by atomic mass is 16.7. The Kier molecular flexibility index (Phi) is 4.71. The average Bonchev–Trinajstić information content (AvgIpc) is 3.04. The molecule has 0 spiro atoms. The van der Waals surface area contributed by atoms with E-state index in [4.69, 9.17) is 9.47 Å². The minimum Gasteiger partial charge on any atom is -0.454 e. The molecule has 1 aliphatic rings. The number of amides is 1. The van der Waals surface area contributed by atoms with Gasteiger partial charge in [0.1, 0.15) is 0 Å². The third kappa shape index (κ3) is 3.51. The van der Waals surface area contributed by atoms with Gasteiger partial charge in [-0.15, -0.1) is 0 Å². The highest BCUT2D eigenvalue weighted by molar-refractivity contribution is 5.94. The molecule has 0 saturated carbocycles. The number of hydrogen-bond acceptors (Lipinski definition) is 4. The molecule has 2 aromatic carbocycles. The average molecular weight is 327 g/mol. The first-order valence-electron chi connectivity index (χ1n) is 7.97. The van der Waals surface area contributed by atoms with Gasteiger partial charge in [-0.1, -0.05) is 12.1 Å². The molecule has 0 bridgehead atoms. The highest BCUT2D eigenvalue weighted by Gasteiger charge is 2.16. The minimum atomic E-state index is -0.667. The Balaban J connectivity index is 1.54. The number of fused-ring (bicyclic) bond motifs is 1. The summed E-state index contributed by atoms with van der Waals surface area (Å²) in [4.78, 5) is 12.2. The van der Waals surface area contributed by atoms with Gasteiger partial charge in [-0.3, -0.25) is 4.79 Å². The van der Waals surface area contributed by atoms with Crippen LogP contribution in [0.15, 0.2) is 36.4 Å². The summed E-state index contributed by atoms with van der Waals surface area (Å²) in [6.45, 7) is 4.59. The summed E-state index contributed by atoms with van der Waals surface area (Å²) in [5.41, 5.74) is 3.63. The lowest BCUT2D eigenvalue weighted by Gasteiger charge is -2.12. The second-order valence-corrected chi connectivity index (χ2v) is 5.97. The molecule has 0 aromatic heterocycles. The maximum absolute atomic E-state index is 12.2. The molecular formula is C19H21NO4. The number of benzene rings is 2. The molecule has 3 rings (SSSR count). The van der Waals surface area contributed by atoms with Crippen LogP contribution in [0.3, 0.4) is 0 Å². The van der Waals surface area contributed by atoms with Gasteiger partial charge < -0.3 is 19.9 Å². The quantitative estimate of drug-likeness (QED) is 0.886. The Morgan fingerprint density at radius 1 is 1.12 bits per heavy atom. The van der Waals surface area contributed by atoms with Crippen molar-refractivity contribution in [3.05, 3.63) is 58.7 Å². The van der Waals surface area contributed by atoms with Crippen LogP contribution in [0.2, 0.25) is 0 Å². The van der Waals surface area contributed by atoms with Crippen molar-refractivity contribution in [2.75, 3.05) is 13.3 Å². The number of aliphatic hydroxyl groups excluding tert-OH is 1. The number of ether oxygens (including phenoxy) is 2. The summed E-state index contributed by atoms with van der Waals surface area (Å²) in [5.74, 6) is 1.20. The molecule has 2 N–H and O–H groups in total. The van der Waals surface area contributed by atoms with Crippen LogP contribution >= 0.6 is 0 Å². The Hall–Kier alpha value is -2.53. The van der Waals surface area contributed by atoms with Crippen molar-refractivity contribution >= 4 is 5.91 Å². The lowest BCUT2D eigenvalue weighted by molar-refractivity contribution is 0.0942. The zero-order chi connectivity index (χ0) is 17.1. The van der Waals surface area contributed by atoms with Crippen LogP contribution in [0.25, 0.3) is 0 Å². The Morgan fingerprint density at radius 3 is 2.71 bits per heavy atom. The van der Waals surface area contributed by atoms with Gasteiger partial charge in [-0.2, -0.15) is 0 Å². The number of aryl methyl sites for hydroxylation is 2. The van der Waals surface area contributed by atoms with E-state index in [9.17, 15) is 9.90 Å². The monoisotopic (exact) mass is 327 g/mol. The SMILES string of the molecule is Cc1ccc(C(=O)NCCC(O)c2ccc3c(c2)OCO3)cc1C. The zero-order valence-corrected chi connectivity index (χ0v) is 13.8. The van der Waals surface area contributed by atoms with E-state index >= 15 is 0 Å². The maximum atomic E-state index is 12.2. The molecule has 5 heteroatoms. The van der Waals surface area contributed by atoms with E-state index < -0.39 is 6.10 Å². The van der Waals surface area contributed by atoms with Crippen molar-refractivity contribution in [1.82, 2.24) is 5.32 Å². The van der Waals surface area contributed by atoms with Crippen molar-refractivity contribution in [3.8, 4) is 11.5 Å². The van der Waals surface area contributed by atoms with Crippen LogP contribution in [-0.2, 0) is 0 Å². The number of carbonyl (C=O) groups is 1. The zero-order valence-electron chi connectivity index (χ0n) is 13.8. The van der Waals surface area contributed by atoms with Crippen molar-refractivity contribution in [2.45, 2.75) is 26.4 Å². The summed E-state index contributed by atoms with van der Waals surface area (Å²) in [5, 5.41) is 13.1. The van der Waals surface area contributed by atoms with E-state index in [0.29, 0.717) is 30.0 Å². The minimum absolute atomic E-state index is 0.129. The largest absolute Gasteiger partial charge is 0.454 e. The van der Waals surface area contributed by atoms with E-state index in [2.05, 4.69) is 5.32 Å². The Morgan fingerprint density at radius 2 is 1.92 bits per heavy atom. The Bertz CT molecular complexity index is 757. The van der Waals surface area contributed by atoms with E-state index in [0.717, 1.165) is 16.7 Å². The summed E-state index contributed by atoms with van der Waals surface area (Å²) in [6.07, 6.45) is -0.240. The van der Waals surface area contributed by atoms with E-state index in [1.807, 2.05) is 38.1 Å². The molecule has 0 radical (unpaired) electrons. The van der Waals surface area contributed by atoms with Crippen molar-refractivity contribution in [3.63, 3.8) is 0 Å². The second kappa shape index (κ2) is 6.93. The van der Waals surface area contributed by atoms with Gasteiger partial charge in [-0.05, 0) is 61.2 Å². The molecule has 1 aliphatic heterocycles. The van der Waals surface area contributed by atoms with Gasteiger partial charge >= 0.3 is 0 Å². The van der Waals surface area contributed by atoms with E-state index in [1.165, 1.54) is 0 Å². The number of carbonyl (C=O) groups excluding carboxylic acids is 1. The highest BCUT2D eigenvalue weighted by Crippen LogP contribution is 2.34. The fourth-order valence-corrected chi connectivity index (χ4v) is 2.59. The molecule has 24 heavy (non-hydrogen) atoms. The van der Waals surface area contributed by atoms with E-state index in [-0.39, 0.29) is 12.7 Å². The Labute approximate surface area is 141 Å². The van der Waals surface area contributed by atoms with Gasteiger partial charge in [0.15, 0.2) is 11.5 Å². The third-order valence-corrected chi connectivity index (χ3v) is 4.25. The molecule has 126 valence electrons. The standard InChI is InChI=1S/C19H21NO4/c1-12-3-4-15(9-13(12)2)19(22)20-8-7-16(21)14-5-6-17-18(10-14)24-11-23-17/h3-6,9-10,16,21H,7-8,11H2,1-2H3,(H,20,22). The molecule has 1 heterocycles. The molecule has 2 aromatic rings. The van der Waals surface area contributed by atoms with E-state index in [1.54, 1.807) is 12.1 Å². The molecule has 0 fully saturated rings. The molecule has 5 nitrogen and oxygen atoms in total. The van der Waals surface area contributed by atoms with Gasteiger partial charge in [0.25, 0.3) is 5.91 Å². The lowest BCUT2D eigenvalue weighted by atomic mass is 10.0. The van der Waals surface area contributed by atoms with Crippen LogP contribution in [0, 0.1) is 13.8 Å². The van der Waals surface area contributed by atoms with Crippen molar-refractivity contribution in [1.29, 1.82) is 0 Å². The van der Waals surface area contributed by atoms with Crippen LogP contribution in [-0.4, -0.2) is 24.4 Å². The number of nitrogens with one attached hydrogen (secondary N) is 1. The number of aliphatic hydroxyl groups is 1. The topological polar surface area (TPSA) is 67.8 Å². The van der Waals surface area contributed by atoms with Crippen LogP contribution in [0.5, 0.6) is 11.5 Å². The predicted octanol–water partition coefficient (Wildman–Crippen LogP) is 2.89. The van der Waals surface area contributed by atoms with Crippen molar-refractivity contribution in [2.24, 2.45) is 0 Å². The predicted molar refractivity (Wildman–Crippen MR) is 90.4 cm³/mol. The molecular weight excluding hydrogens is 306 g/mol. The van der Waals surface area contributed by atoms with Gasteiger partial charge in [0.05, 0.1) is 6.10 Å².